The van der Waals surface area contributed by atoms with E-state index < -0.39 is 0 Å². The van der Waals surface area contributed by atoms with Crippen LogP contribution in [-0.4, -0.2) is 18.1 Å². The summed E-state index contributed by atoms with van der Waals surface area (Å²) in [6.07, 6.45) is 11.4. The van der Waals surface area contributed by atoms with Crippen LogP contribution in [0.4, 0.5) is 0 Å². The van der Waals surface area contributed by atoms with E-state index in [-0.39, 0.29) is 11.6 Å². The van der Waals surface area contributed by atoms with E-state index in [0.717, 1.165) is 25.2 Å². The van der Waals surface area contributed by atoms with Crippen molar-refractivity contribution in [2.45, 2.75) is 57.5 Å². The molecule has 0 aromatic rings. The van der Waals surface area contributed by atoms with E-state index in [1.165, 1.54) is 12.8 Å². The van der Waals surface area contributed by atoms with Crippen LogP contribution in [0.15, 0.2) is 0 Å². The molecule has 0 saturated heterocycles. The van der Waals surface area contributed by atoms with Crippen LogP contribution in [0.5, 0.6) is 0 Å². The smallest absolute Gasteiger partial charge is 0.0691 e. The van der Waals surface area contributed by atoms with Crippen molar-refractivity contribution in [1.82, 2.24) is 5.32 Å². The summed E-state index contributed by atoms with van der Waals surface area (Å²) < 4.78 is 0. The van der Waals surface area contributed by atoms with E-state index in [1.807, 2.05) is 0 Å². The van der Waals surface area contributed by atoms with Gasteiger partial charge < -0.3 is 5.73 Å². The highest BCUT2D eigenvalue weighted by atomic mass is 15.0. The standard InChI is InChI=1S/C13H24N2/c1-4-7-12(5-2)15-13(6-3,10-14)11-8-9-11/h2,11-12,15H,4,6-10,14H2,1,3H3. The Labute approximate surface area is 94.0 Å². The van der Waals surface area contributed by atoms with E-state index in [1.54, 1.807) is 0 Å². The molecular formula is C13H24N2. The summed E-state index contributed by atoms with van der Waals surface area (Å²) in [6.45, 7) is 5.08. The van der Waals surface area contributed by atoms with Crippen molar-refractivity contribution in [3.05, 3.63) is 0 Å². The molecule has 86 valence electrons. The summed E-state index contributed by atoms with van der Waals surface area (Å²) in [7, 11) is 0. The molecule has 0 aromatic heterocycles. The molecule has 0 heterocycles. The average molecular weight is 208 g/mol. The lowest BCUT2D eigenvalue weighted by molar-refractivity contribution is 0.259. The van der Waals surface area contributed by atoms with Crippen LogP contribution in [0.2, 0.25) is 0 Å². The van der Waals surface area contributed by atoms with Crippen molar-refractivity contribution < 1.29 is 0 Å². The van der Waals surface area contributed by atoms with Gasteiger partial charge in [-0.2, -0.15) is 0 Å². The summed E-state index contributed by atoms with van der Waals surface area (Å²) in [6, 6.07) is 0.194. The molecule has 2 atom stereocenters. The Balaban J connectivity index is 2.60. The quantitative estimate of drug-likeness (QED) is 0.627. The Hall–Kier alpha value is -0.520. The van der Waals surface area contributed by atoms with E-state index in [2.05, 4.69) is 25.1 Å². The molecule has 15 heavy (non-hydrogen) atoms. The minimum atomic E-state index is 0.103. The fourth-order valence-electron chi connectivity index (χ4n) is 2.35. The third-order valence-electron chi connectivity index (χ3n) is 3.59. The van der Waals surface area contributed by atoms with Gasteiger partial charge in [0.2, 0.25) is 0 Å². The second-order valence-corrected chi connectivity index (χ2v) is 4.64. The van der Waals surface area contributed by atoms with Crippen LogP contribution in [0.3, 0.4) is 0 Å². The molecule has 1 fully saturated rings. The number of nitrogens with one attached hydrogen (secondary N) is 1. The zero-order valence-corrected chi connectivity index (χ0v) is 10.1. The summed E-state index contributed by atoms with van der Waals surface area (Å²) in [5.41, 5.74) is 6.03. The van der Waals surface area contributed by atoms with Gasteiger partial charge in [-0.1, -0.05) is 26.2 Å². The number of hydrogen-bond acceptors (Lipinski definition) is 2. The molecule has 1 aliphatic carbocycles. The first-order valence-corrected chi connectivity index (χ1v) is 6.16. The summed E-state index contributed by atoms with van der Waals surface area (Å²) in [4.78, 5) is 0. The Morgan fingerprint density at radius 1 is 1.53 bits per heavy atom. The molecule has 0 amide bonds. The molecule has 0 radical (unpaired) electrons. The molecule has 0 aromatic carbocycles. The van der Waals surface area contributed by atoms with Gasteiger partial charge in [0.25, 0.3) is 0 Å². The molecule has 0 bridgehead atoms. The molecular weight excluding hydrogens is 184 g/mol. The molecule has 1 rings (SSSR count). The van der Waals surface area contributed by atoms with Gasteiger partial charge in [0.05, 0.1) is 6.04 Å². The second kappa shape index (κ2) is 5.53. The minimum Gasteiger partial charge on any atom is -0.329 e. The third-order valence-corrected chi connectivity index (χ3v) is 3.59. The Bertz CT molecular complexity index is 221. The first kappa shape index (κ1) is 12.5. The zero-order valence-electron chi connectivity index (χ0n) is 10.1. The zero-order chi connectivity index (χ0) is 11.3. The lowest BCUT2D eigenvalue weighted by atomic mass is 9.88. The molecule has 0 spiro atoms. The molecule has 2 nitrogen and oxygen atoms in total. The maximum Gasteiger partial charge on any atom is 0.0691 e. The monoisotopic (exact) mass is 208 g/mol. The third kappa shape index (κ3) is 2.96. The van der Waals surface area contributed by atoms with Gasteiger partial charge in [0.1, 0.15) is 0 Å². The fourth-order valence-corrected chi connectivity index (χ4v) is 2.35. The Morgan fingerprint density at radius 2 is 2.20 bits per heavy atom. The molecule has 3 N–H and O–H groups in total. The number of rotatable bonds is 7. The maximum absolute atomic E-state index is 5.93. The predicted molar refractivity (Wildman–Crippen MR) is 65.5 cm³/mol. The summed E-state index contributed by atoms with van der Waals surface area (Å²) in [5, 5.41) is 3.62. The lowest BCUT2D eigenvalue weighted by Gasteiger charge is -2.35. The van der Waals surface area contributed by atoms with Gasteiger partial charge in [0, 0.05) is 12.1 Å². The number of terminal acetylenes is 1. The van der Waals surface area contributed by atoms with E-state index in [4.69, 9.17) is 12.2 Å². The van der Waals surface area contributed by atoms with Crippen LogP contribution in [0.1, 0.15) is 46.0 Å². The maximum atomic E-state index is 5.93. The first-order chi connectivity index (χ1) is 7.22. The van der Waals surface area contributed by atoms with Crippen molar-refractivity contribution in [1.29, 1.82) is 0 Å². The van der Waals surface area contributed by atoms with Crippen molar-refractivity contribution in [3.63, 3.8) is 0 Å². The van der Waals surface area contributed by atoms with Crippen LogP contribution in [-0.2, 0) is 0 Å². The Kier molecular flexibility index (Phi) is 4.63. The largest absolute Gasteiger partial charge is 0.329 e. The van der Waals surface area contributed by atoms with Crippen LogP contribution >= 0.6 is 0 Å². The predicted octanol–water partition coefficient (Wildman–Crippen LogP) is 1.90. The highest BCUT2D eigenvalue weighted by Gasteiger charge is 2.43. The number of hydrogen-bond donors (Lipinski definition) is 2. The SMILES string of the molecule is C#CC(CCC)NC(CC)(CN)C1CC1. The summed E-state index contributed by atoms with van der Waals surface area (Å²) in [5.74, 6) is 3.59. The minimum absolute atomic E-state index is 0.103. The Morgan fingerprint density at radius 3 is 2.53 bits per heavy atom. The van der Waals surface area contributed by atoms with Gasteiger partial charge in [-0.15, -0.1) is 6.42 Å². The van der Waals surface area contributed by atoms with Crippen molar-refractivity contribution in [2.24, 2.45) is 11.7 Å². The van der Waals surface area contributed by atoms with Crippen molar-refractivity contribution in [2.75, 3.05) is 6.54 Å². The van der Waals surface area contributed by atoms with Crippen LogP contribution in [0, 0.1) is 18.3 Å². The topological polar surface area (TPSA) is 38.0 Å². The van der Waals surface area contributed by atoms with Gasteiger partial charge in [-0.25, -0.2) is 0 Å². The molecule has 0 aliphatic heterocycles. The lowest BCUT2D eigenvalue weighted by Crippen LogP contribution is -2.56. The molecule has 2 unspecified atom stereocenters. The molecule has 1 saturated carbocycles. The van der Waals surface area contributed by atoms with Crippen LogP contribution in [0.25, 0.3) is 0 Å². The first-order valence-electron chi connectivity index (χ1n) is 6.16. The molecule has 1 aliphatic rings. The van der Waals surface area contributed by atoms with E-state index >= 15 is 0 Å². The van der Waals surface area contributed by atoms with E-state index in [0.29, 0.717) is 6.54 Å². The highest BCUT2D eigenvalue weighted by molar-refractivity contribution is 5.08. The summed E-state index contributed by atoms with van der Waals surface area (Å²) >= 11 is 0. The van der Waals surface area contributed by atoms with Gasteiger partial charge >= 0.3 is 0 Å². The van der Waals surface area contributed by atoms with Gasteiger partial charge in [-0.05, 0) is 31.6 Å². The molecule has 2 heteroatoms. The van der Waals surface area contributed by atoms with Crippen molar-refractivity contribution >= 4 is 0 Å². The fraction of sp³-hybridized carbons (Fsp3) is 0.846. The van der Waals surface area contributed by atoms with Crippen molar-refractivity contribution in [3.8, 4) is 12.3 Å². The highest BCUT2D eigenvalue weighted by Crippen LogP contribution is 2.41. The average Bonchev–Trinajstić information content (AvgIpc) is 3.09. The normalized spacial score (nSPS) is 21.7. The van der Waals surface area contributed by atoms with Gasteiger partial charge in [-0.3, -0.25) is 5.32 Å². The number of nitrogens with two attached hydrogens (primary N) is 1. The van der Waals surface area contributed by atoms with E-state index in [9.17, 15) is 0 Å². The van der Waals surface area contributed by atoms with Gasteiger partial charge in [0.15, 0.2) is 0 Å². The second-order valence-electron chi connectivity index (χ2n) is 4.64. The van der Waals surface area contributed by atoms with Crippen LogP contribution < -0.4 is 11.1 Å².